The van der Waals surface area contributed by atoms with Crippen molar-refractivity contribution in [2.45, 2.75) is 19.4 Å². The minimum absolute atomic E-state index is 0.260. The number of alkyl halides is 1. The van der Waals surface area contributed by atoms with Crippen LogP contribution in [0.4, 0.5) is 10.2 Å². The molecule has 0 saturated carbocycles. The van der Waals surface area contributed by atoms with Crippen molar-refractivity contribution in [1.82, 2.24) is 4.98 Å². The summed E-state index contributed by atoms with van der Waals surface area (Å²) in [5.41, 5.74) is 0. The number of hydrogen-bond acceptors (Lipinski definition) is 2. The molecule has 0 aliphatic rings. The third-order valence-electron chi connectivity index (χ3n) is 1.66. The fraction of sp³-hybridized carbons (Fsp3) is 0.444. The number of anilines is 1. The average Bonchev–Trinajstić information content (AvgIpc) is 2.09. The second-order valence-corrected chi connectivity index (χ2v) is 3.26. The highest BCUT2D eigenvalue weighted by Crippen LogP contribution is 2.07. The van der Waals surface area contributed by atoms with Gasteiger partial charge in [-0.2, -0.15) is 0 Å². The van der Waals surface area contributed by atoms with Crippen molar-refractivity contribution in [2.24, 2.45) is 0 Å². The number of hydrogen-bond donors (Lipinski definition) is 1. The van der Waals surface area contributed by atoms with E-state index in [9.17, 15) is 4.39 Å². The molecule has 1 aromatic rings. The third-order valence-corrected chi connectivity index (χ3v) is 1.88. The van der Waals surface area contributed by atoms with E-state index in [0.717, 1.165) is 6.42 Å². The van der Waals surface area contributed by atoms with Crippen LogP contribution in [0.1, 0.15) is 13.3 Å². The molecule has 0 amide bonds. The summed E-state index contributed by atoms with van der Waals surface area (Å²) in [6.45, 7) is 2.01. The number of nitrogens with zero attached hydrogens (tertiary/aromatic N) is 1. The topological polar surface area (TPSA) is 24.9 Å². The van der Waals surface area contributed by atoms with Crippen LogP contribution in [0, 0.1) is 5.82 Å². The molecule has 1 heterocycles. The van der Waals surface area contributed by atoms with Crippen molar-refractivity contribution >= 4 is 17.4 Å². The maximum Gasteiger partial charge on any atom is 0.141 e. The van der Waals surface area contributed by atoms with E-state index in [2.05, 4.69) is 10.3 Å². The Bertz CT molecular complexity index is 250. The molecule has 1 unspecified atom stereocenters. The highest BCUT2D eigenvalue weighted by atomic mass is 35.5. The Morgan fingerprint density at radius 3 is 2.92 bits per heavy atom. The Labute approximate surface area is 82.1 Å². The first-order valence-corrected chi connectivity index (χ1v) is 4.70. The Kier molecular flexibility index (Phi) is 3.96. The summed E-state index contributed by atoms with van der Waals surface area (Å²) in [6, 6.07) is 3.25. The van der Waals surface area contributed by atoms with Crippen molar-refractivity contribution in [3.8, 4) is 0 Å². The molecule has 0 saturated heterocycles. The molecule has 1 N–H and O–H groups in total. The number of aromatic nitrogens is 1. The molecule has 72 valence electrons. The molecule has 1 atom stereocenters. The molecule has 0 bridgehead atoms. The van der Waals surface area contributed by atoms with Gasteiger partial charge in [0.1, 0.15) is 11.6 Å². The van der Waals surface area contributed by atoms with Crippen LogP contribution in [0.25, 0.3) is 0 Å². The van der Waals surface area contributed by atoms with E-state index < -0.39 is 0 Å². The van der Waals surface area contributed by atoms with Crippen LogP contribution in [0.2, 0.25) is 0 Å². The van der Waals surface area contributed by atoms with E-state index in [-0.39, 0.29) is 11.9 Å². The summed E-state index contributed by atoms with van der Waals surface area (Å²) in [4.78, 5) is 3.87. The van der Waals surface area contributed by atoms with Gasteiger partial charge in [0.25, 0.3) is 0 Å². The van der Waals surface area contributed by atoms with Crippen molar-refractivity contribution in [3.05, 3.63) is 24.1 Å². The summed E-state index contributed by atoms with van der Waals surface area (Å²) in [5, 5.41) is 3.11. The quantitative estimate of drug-likeness (QED) is 0.760. The van der Waals surface area contributed by atoms with Crippen LogP contribution >= 0.6 is 11.6 Å². The van der Waals surface area contributed by atoms with Crippen LogP contribution in [0.15, 0.2) is 18.3 Å². The standard InChI is InChI=1S/C9H12ClFN2/c1-7(4-5-10)13-9-3-2-8(11)6-12-9/h2-3,6-7H,4-5H2,1H3,(H,12,13). The van der Waals surface area contributed by atoms with Crippen LogP contribution in [-0.4, -0.2) is 16.9 Å². The minimum atomic E-state index is -0.324. The highest BCUT2D eigenvalue weighted by Gasteiger charge is 2.01. The van der Waals surface area contributed by atoms with Gasteiger partial charge in [-0.1, -0.05) is 0 Å². The molecule has 2 nitrogen and oxygen atoms in total. The molecular formula is C9H12ClFN2. The number of pyridine rings is 1. The fourth-order valence-corrected chi connectivity index (χ4v) is 1.28. The van der Waals surface area contributed by atoms with E-state index in [1.807, 2.05) is 6.92 Å². The lowest BCUT2D eigenvalue weighted by Crippen LogP contribution is -2.16. The van der Waals surface area contributed by atoms with E-state index in [0.29, 0.717) is 11.7 Å². The average molecular weight is 203 g/mol. The lowest BCUT2D eigenvalue weighted by Gasteiger charge is -2.12. The second-order valence-electron chi connectivity index (χ2n) is 2.88. The van der Waals surface area contributed by atoms with Gasteiger partial charge in [-0.15, -0.1) is 11.6 Å². The SMILES string of the molecule is CC(CCCl)Nc1ccc(F)cn1. The van der Waals surface area contributed by atoms with Crippen molar-refractivity contribution < 1.29 is 4.39 Å². The van der Waals surface area contributed by atoms with Crippen molar-refractivity contribution in [3.63, 3.8) is 0 Å². The van der Waals surface area contributed by atoms with Crippen LogP contribution in [0.3, 0.4) is 0 Å². The molecule has 1 rings (SSSR count). The summed E-state index contributed by atoms with van der Waals surface area (Å²) >= 11 is 5.57. The molecule has 0 spiro atoms. The normalized spacial score (nSPS) is 12.5. The maximum absolute atomic E-state index is 12.5. The molecule has 4 heteroatoms. The van der Waals surface area contributed by atoms with Gasteiger partial charge in [-0.05, 0) is 25.5 Å². The Morgan fingerprint density at radius 1 is 1.62 bits per heavy atom. The zero-order valence-electron chi connectivity index (χ0n) is 7.43. The van der Waals surface area contributed by atoms with Gasteiger partial charge in [0.05, 0.1) is 6.20 Å². The van der Waals surface area contributed by atoms with Gasteiger partial charge in [0, 0.05) is 11.9 Å². The number of nitrogens with one attached hydrogen (secondary N) is 1. The zero-order chi connectivity index (χ0) is 9.68. The number of halogens is 2. The molecule has 0 fully saturated rings. The smallest absolute Gasteiger partial charge is 0.141 e. The molecular weight excluding hydrogens is 191 g/mol. The van der Waals surface area contributed by atoms with Crippen molar-refractivity contribution in [2.75, 3.05) is 11.2 Å². The first-order valence-electron chi connectivity index (χ1n) is 4.16. The van der Waals surface area contributed by atoms with Gasteiger partial charge in [-0.3, -0.25) is 0 Å². The Balaban J connectivity index is 2.49. The minimum Gasteiger partial charge on any atom is -0.368 e. The Morgan fingerprint density at radius 2 is 2.38 bits per heavy atom. The Hall–Kier alpha value is -0.830. The number of rotatable bonds is 4. The van der Waals surface area contributed by atoms with Gasteiger partial charge in [0.15, 0.2) is 0 Å². The van der Waals surface area contributed by atoms with E-state index in [1.165, 1.54) is 12.3 Å². The predicted molar refractivity (Wildman–Crippen MR) is 52.6 cm³/mol. The molecule has 0 radical (unpaired) electrons. The lowest BCUT2D eigenvalue weighted by atomic mass is 10.2. The summed E-state index contributed by atoms with van der Waals surface area (Å²) in [6.07, 6.45) is 2.05. The van der Waals surface area contributed by atoms with Crippen molar-refractivity contribution in [1.29, 1.82) is 0 Å². The first kappa shape index (κ1) is 10.3. The molecule has 13 heavy (non-hydrogen) atoms. The molecule has 1 aromatic heterocycles. The van der Waals surface area contributed by atoms with Gasteiger partial charge in [-0.25, -0.2) is 9.37 Å². The van der Waals surface area contributed by atoms with E-state index in [1.54, 1.807) is 6.07 Å². The van der Waals surface area contributed by atoms with Crippen LogP contribution in [-0.2, 0) is 0 Å². The largest absolute Gasteiger partial charge is 0.368 e. The van der Waals surface area contributed by atoms with Crippen LogP contribution in [0.5, 0.6) is 0 Å². The molecule has 0 aliphatic heterocycles. The zero-order valence-corrected chi connectivity index (χ0v) is 8.18. The van der Waals surface area contributed by atoms with Gasteiger partial charge >= 0.3 is 0 Å². The summed E-state index contributed by atoms with van der Waals surface area (Å²) in [7, 11) is 0. The molecule has 0 aromatic carbocycles. The third kappa shape index (κ3) is 3.59. The second kappa shape index (κ2) is 5.02. The van der Waals surface area contributed by atoms with Gasteiger partial charge in [0.2, 0.25) is 0 Å². The first-order chi connectivity index (χ1) is 6.22. The monoisotopic (exact) mass is 202 g/mol. The lowest BCUT2D eigenvalue weighted by molar-refractivity contribution is 0.621. The van der Waals surface area contributed by atoms with E-state index >= 15 is 0 Å². The van der Waals surface area contributed by atoms with Crippen LogP contribution < -0.4 is 5.32 Å². The summed E-state index contributed by atoms with van der Waals surface area (Å²) in [5.74, 6) is 0.963. The maximum atomic E-state index is 12.5. The molecule has 0 aliphatic carbocycles. The predicted octanol–water partition coefficient (Wildman–Crippen LogP) is 2.65. The summed E-state index contributed by atoms with van der Waals surface area (Å²) < 4.78 is 12.5. The van der Waals surface area contributed by atoms with Gasteiger partial charge < -0.3 is 5.32 Å². The van der Waals surface area contributed by atoms with E-state index in [4.69, 9.17) is 11.6 Å². The fourth-order valence-electron chi connectivity index (χ4n) is 0.949. The highest BCUT2D eigenvalue weighted by molar-refractivity contribution is 6.17.